The minimum Gasteiger partial charge on any atom is -0.377 e. The summed E-state index contributed by atoms with van der Waals surface area (Å²) < 4.78 is 6.05. The van der Waals surface area contributed by atoms with Crippen molar-refractivity contribution in [1.82, 2.24) is 20.4 Å². The summed E-state index contributed by atoms with van der Waals surface area (Å²) in [6.07, 6.45) is 7.91. The highest BCUT2D eigenvalue weighted by atomic mass is 16.5. The molecule has 150 valence electrons. The molecule has 0 aromatic carbocycles. The van der Waals surface area contributed by atoms with E-state index in [9.17, 15) is 4.79 Å². The van der Waals surface area contributed by atoms with Gasteiger partial charge in [0.2, 0.25) is 5.91 Å². The predicted molar refractivity (Wildman–Crippen MR) is 104 cm³/mol. The number of guanidine groups is 1. The first-order chi connectivity index (χ1) is 13.2. The Morgan fingerprint density at radius 3 is 2.56 bits per heavy atom. The van der Waals surface area contributed by atoms with Crippen LogP contribution >= 0.6 is 0 Å². The summed E-state index contributed by atoms with van der Waals surface area (Å²) in [4.78, 5) is 21.3. The molecule has 7 nitrogen and oxygen atoms in total. The van der Waals surface area contributed by atoms with E-state index < -0.39 is 0 Å². The molecule has 3 aliphatic carbocycles. The van der Waals surface area contributed by atoms with Gasteiger partial charge in [-0.1, -0.05) is 6.42 Å². The molecular formula is C20H33N5O2. The number of carbonyl (C=O) groups excluding carboxylic acids is 1. The molecule has 2 aliphatic heterocycles. The normalized spacial score (nSPS) is 35.4. The molecule has 0 aromatic heterocycles. The largest absolute Gasteiger partial charge is 0.377 e. The van der Waals surface area contributed by atoms with Gasteiger partial charge in [0.25, 0.3) is 0 Å². The molecule has 0 radical (unpaired) electrons. The zero-order valence-electron chi connectivity index (χ0n) is 16.5. The number of nitrogens with zero attached hydrogens (tertiary/aromatic N) is 3. The van der Waals surface area contributed by atoms with Crippen LogP contribution in [0.15, 0.2) is 4.99 Å². The van der Waals surface area contributed by atoms with Crippen LogP contribution in [0.25, 0.3) is 0 Å². The number of rotatable bonds is 4. The monoisotopic (exact) mass is 375 g/mol. The van der Waals surface area contributed by atoms with Gasteiger partial charge in [0.05, 0.1) is 12.6 Å². The molecule has 1 spiro atoms. The Hall–Kier alpha value is -1.34. The summed E-state index contributed by atoms with van der Waals surface area (Å²) in [7, 11) is 1.90. The van der Waals surface area contributed by atoms with E-state index in [2.05, 4.69) is 25.4 Å². The van der Waals surface area contributed by atoms with Gasteiger partial charge < -0.3 is 20.3 Å². The van der Waals surface area contributed by atoms with E-state index in [1.165, 1.54) is 25.7 Å². The Labute approximate surface area is 161 Å². The van der Waals surface area contributed by atoms with Crippen LogP contribution < -0.4 is 10.6 Å². The molecule has 3 atom stereocenters. The van der Waals surface area contributed by atoms with E-state index in [0.717, 1.165) is 51.6 Å². The topological polar surface area (TPSA) is 69.2 Å². The summed E-state index contributed by atoms with van der Waals surface area (Å²) in [5, 5.41) is 6.91. The fourth-order valence-electron chi connectivity index (χ4n) is 5.71. The molecule has 7 heteroatoms. The molecule has 2 heterocycles. The average Bonchev–Trinajstić information content (AvgIpc) is 3.33. The third-order valence-corrected chi connectivity index (χ3v) is 7.51. The molecule has 5 rings (SSSR count). The second-order valence-electron chi connectivity index (χ2n) is 9.10. The highest BCUT2D eigenvalue weighted by Crippen LogP contribution is 2.62. The number of hydrogen-bond donors (Lipinski definition) is 2. The first-order valence-electron chi connectivity index (χ1n) is 10.8. The van der Waals surface area contributed by atoms with Crippen LogP contribution in [-0.4, -0.2) is 86.2 Å². The van der Waals surface area contributed by atoms with Crippen molar-refractivity contribution in [3.05, 3.63) is 0 Å². The fourth-order valence-corrected chi connectivity index (χ4v) is 5.71. The third kappa shape index (κ3) is 3.12. The predicted octanol–water partition coefficient (Wildman–Crippen LogP) is 0.416. The van der Waals surface area contributed by atoms with Crippen LogP contribution in [0.1, 0.15) is 38.5 Å². The van der Waals surface area contributed by atoms with Crippen molar-refractivity contribution in [2.24, 2.45) is 16.3 Å². The molecule has 27 heavy (non-hydrogen) atoms. The van der Waals surface area contributed by atoms with Crippen molar-refractivity contribution < 1.29 is 9.53 Å². The number of nitrogens with one attached hydrogen (secondary N) is 2. The lowest BCUT2D eigenvalue weighted by molar-refractivity contribution is -0.171. The van der Waals surface area contributed by atoms with Crippen molar-refractivity contribution in [3.63, 3.8) is 0 Å². The molecule has 0 aromatic rings. The van der Waals surface area contributed by atoms with Crippen LogP contribution in [0.3, 0.4) is 0 Å². The van der Waals surface area contributed by atoms with Gasteiger partial charge in [-0.2, -0.15) is 0 Å². The van der Waals surface area contributed by atoms with Crippen LogP contribution in [0.2, 0.25) is 0 Å². The van der Waals surface area contributed by atoms with Gasteiger partial charge in [-0.15, -0.1) is 0 Å². The number of ether oxygens (including phenoxy) is 1. The van der Waals surface area contributed by atoms with Crippen molar-refractivity contribution in [2.75, 3.05) is 46.4 Å². The summed E-state index contributed by atoms with van der Waals surface area (Å²) >= 11 is 0. The van der Waals surface area contributed by atoms with Crippen LogP contribution in [-0.2, 0) is 9.53 Å². The number of aliphatic imine (C=N–C) groups is 1. The van der Waals surface area contributed by atoms with E-state index in [0.29, 0.717) is 36.1 Å². The van der Waals surface area contributed by atoms with Gasteiger partial charge in [-0.05, 0) is 32.1 Å². The van der Waals surface area contributed by atoms with Gasteiger partial charge in [0.1, 0.15) is 0 Å². The number of piperazine rings is 1. The molecule has 5 aliphatic rings. The minimum atomic E-state index is 0.183. The second-order valence-corrected chi connectivity index (χ2v) is 9.10. The van der Waals surface area contributed by atoms with Crippen molar-refractivity contribution in [1.29, 1.82) is 0 Å². The van der Waals surface area contributed by atoms with Gasteiger partial charge in [0.15, 0.2) is 5.96 Å². The zero-order valence-corrected chi connectivity index (χ0v) is 16.5. The molecule has 3 saturated carbocycles. The molecule has 2 N–H and O–H groups in total. The Bertz CT molecular complexity index is 607. The molecule has 0 bridgehead atoms. The van der Waals surface area contributed by atoms with E-state index in [4.69, 9.17) is 4.74 Å². The van der Waals surface area contributed by atoms with Gasteiger partial charge in [-0.25, -0.2) is 0 Å². The SMILES string of the molecule is CN=C(NC1C2CCOC2C12CCC2)N1CCN(CC(=O)NC2CC2)CC1. The molecule has 1 amide bonds. The van der Waals surface area contributed by atoms with Gasteiger partial charge in [-0.3, -0.25) is 14.7 Å². The maximum atomic E-state index is 12.0. The van der Waals surface area contributed by atoms with Gasteiger partial charge >= 0.3 is 0 Å². The highest BCUT2D eigenvalue weighted by Gasteiger charge is 2.66. The summed E-state index contributed by atoms with van der Waals surface area (Å²) in [5.41, 5.74) is 0.375. The van der Waals surface area contributed by atoms with E-state index >= 15 is 0 Å². The summed E-state index contributed by atoms with van der Waals surface area (Å²) in [5.74, 6) is 1.88. The first-order valence-corrected chi connectivity index (χ1v) is 10.8. The van der Waals surface area contributed by atoms with E-state index in [-0.39, 0.29) is 5.91 Å². The lowest BCUT2D eigenvalue weighted by Crippen LogP contribution is -2.73. The van der Waals surface area contributed by atoms with Crippen molar-refractivity contribution in [3.8, 4) is 0 Å². The molecule has 3 unspecified atom stereocenters. The van der Waals surface area contributed by atoms with Gasteiger partial charge in [0, 0.05) is 63.3 Å². The number of hydrogen-bond acceptors (Lipinski definition) is 4. The Morgan fingerprint density at radius 1 is 1.15 bits per heavy atom. The Kier molecular flexibility index (Phi) is 4.55. The minimum absolute atomic E-state index is 0.183. The first kappa shape index (κ1) is 17.7. The highest BCUT2D eigenvalue weighted by molar-refractivity contribution is 5.81. The number of fused-ring (bicyclic) bond motifs is 2. The zero-order chi connectivity index (χ0) is 18.4. The molecule has 5 fully saturated rings. The number of carbonyl (C=O) groups is 1. The maximum Gasteiger partial charge on any atom is 0.234 e. The Balaban J connectivity index is 1.14. The maximum absolute atomic E-state index is 12.0. The quantitative estimate of drug-likeness (QED) is 0.550. The van der Waals surface area contributed by atoms with Crippen LogP contribution in [0, 0.1) is 11.3 Å². The van der Waals surface area contributed by atoms with Crippen LogP contribution in [0.5, 0.6) is 0 Å². The standard InChI is InChI=1S/C20H33N5O2/c1-21-19(23-17-15-5-12-27-18(15)20(17)6-2-7-20)25-10-8-24(9-11-25)13-16(26)22-14-3-4-14/h14-15,17-18H,2-13H2,1H3,(H,21,23)(H,22,26). The van der Waals surface area contributed by atoms with Crippen molar-refractivity contribution >= 4 is 11.9 Å². The summed E-state index contributed by atoms with van der Waals surface area (Å²) in [6.45, 7) is 5.16. The fraction of sp³-hybridized carbons (Fsp3) is 0.900. The molecular weight excluding hydrogens is 342 g/mol. The number of amides is 1. The van der Waals surface area contributed by atoms with Crippen molar-refractivity contribution in [2.45, 2.75) is 56.7 Å². The smallest absolute Gasteiger partial charge is 0.234 e. The Morgan fingerprint density at radius 2 is 1.93 bits per heavy atom. The van der Waals surface area contributed by atoms with E-state index in [1.807, 2.05) is 7.05 Å². The second kappa shape index (κ2) is 6.92. The molecule has 2 saturated heterocycles. The average molecular weight is 376 g/mol. The summed E-state index contributed by atoms with van der Waals surface area (Å²) in [6, 6.07) is 0.978. The van der Waals surface area contributed by atoms with Crippen LogP contribution in [0.4, 0.5) is 0 Å². The third-order valence-electron chi connectivity index (χ3n) is 7.51. The lowest BCUT2D eigenvalue weighted by atomic mass is 9.46. The van der Waals surface area contributed by atoms with E-state index in [1.54, 1.807) is 0 Å². The lowest BCUT2D eigenvalue weighted by Gasteiger charge is -2.63.